The number of aliphatic imine (C=N–C) groups is 1. The second-order valence-electron chi connectivity index (χ2n) is 8.16. The van der Waals surface area contributed by atoms with Crippen molar-refractivity contribution in [3.05, 3.63) is 57.2 Å². The van der Waals surface area contributed by atoms with Crippen LogP contribution in [0.15, 0.2) is 46.1 Å². The molecule has 5 rings (SSSR count). The lowest BCUT2D eigenvalue weighted by molar-refractivity contribution is -0.136. The number of aromatic nitrogens is 1. The summed E-state index contributed by atoms with van der Waals surface area (Å²) in [6, 6.07) is 3.43. The van der Waals surface area contributed by atoms with E-state index in [2.05, 4.69) is 15.3 Å². The van der Waals surface area contributed by atoms with Crippen LogP contribution in [0.1, 0.15) is 57.3 Å². The molecule has 11 heteroatoms. The van der Waals surface area contributed by atoms with Gasteiger partial charge in [-0.05, 0) is 18.6 Å². The summed E-state index contributed by atoms with van der Waals surface area (Å²) in [5, 5.41) is 15.2. The molecular formula is C23H18N4O6S. The van der Waals surface area contributed by atoms with Crippen molar-refractivity contribution in [3.63, 3.8) is 0 Å². The maximum absolute atomic E-state index is 13.1. The van der Waals surface area contributed by atoms with Crippen molar-refractivity contribution in [3.8, 4) is 0 Å². The largest absolute Gasteiger partial charge is 0.511 e. The molecule has 2 atom stereocenters. The first-order valence-electron chi connectivity index (χ1n) is 10.6. The molecular weight excluding hydrogens is 460 g/mol. The molecule has 1 saturated heterocycles. The molecule has 1 aliphatic carbocycles. The Balaban J connectivity index is 1.43. The fraction of sp³-hybridized carbons (Fsp3) is 0.261. The van der Waals surface area contributed by atoms with Gasteiger partial charge >= 0.3 is 0 Å². The third-order valence-corrected chi connectivity index (χ3v) is 7.00. The molecule has 3 heterocycles. The van der Waals surface area contributed by atoms with Crippen molar-refractivity contribution in [1.29, 1.82) is 0 Å². The molecule has 2 unspecified atom stereocenters. The average Bonchev–Trinajstić information content (AvgIpc) is 3.42. The zero-order valence-electron chi connectivity index (χ0n) is 17.7. The van der Waals surface area contributed by atoms with E-state index in [1.807, 2.05) is 5.38 Å². The summed E-state index contributed by atoms with van der Waals surface area (Å²) in [5.41, 5.74) is 0.281. The van der Waals surface area contributed by atoms with Gasteiger partial charge in [-0.1, -0.05) is 6.07 Å². The van der Waals surface area contributed by atoms with Crippen LogP contribution >= 0.6 is 11.3 Å². The Morgan fingerprint density at radius 3 is 2.68 bits per heavy atom. The number of aliphatic hydroxyl groups excluding tert-OH is 1. The van der Waals surface area contributed by atoms with Crippen molar-refractivity contribution in [2.45, 2.75) is 37.6 Å². The van der Waals surface area contributed by atoms with Crippen LogP contribution in [0, 0.1) is 0 Å². The van der Waals surface area contributed by atoms with Gasteiger partial charge in [0, 0.05) is 43.0 Å². The van der Waals surface area contributed by atoms with Crippen LogP contribution in [0.25, 0.3) is 0 Å². The van der Waals surface area contributed by atoms with Gasteiger partial charge in [0.15, 0.2) is 5.78 Å². The number of ketones is 1. The molecule has 0 bridgehead atoms. The molecule has 1 aromatic carbocycles. The van der Waals surface area contributed by atoms with Crippen molar-refractivity contribution >= 4 is 52.7 Å². The predicted octanol–water partition coefficient (Wildman–Crippen LogP) is 2.21. The maximum Gasteiger partial charge on any atom is 0.264 e. The minimum atomic E-state index is -1.09. The molecule has 0 radical (unpaired) electrons. The smallest absolute Gasteiger partial charge is 0.264 e. The molecule has 1 fully saturated rings. The first kappa shape index (κ1) is 21.8. The van der Waals surface area contributed by atoms with Crippen LogP contribution in [0.4, 0.5) is 5.69 Å². The summed E-state index contributed by atoms with van der Waals surface area (Å²) in [4.78, 5) is 71.8. The number of nitrogens with one attached hydrogen (secondary N) is 1. The summed E-state index contributed by atoms with van der Waals surface area (Å²) in [5.74, 6) is -3.10. The van der Waals surface area contributed by atoms with Gasteiger partial charge in [0.25, 0.3) is 11.8 Å². The highest BCUT2D eigenvalue weighted by atomic mass is 32.1. The normalized spacial score (nSPS) is 23.2. The summed E-state index contributed by atoms with van der Waals surface area (Å²) >= 11 is 1.42. The molecule has 4 amide bonds. The quantitative estimate of drug-likeness (QED) is 0.506. The van der Waals surface area contributed by atoms with Gasteiger partial charge in [-0.25, -0.2) is 4.98 Å². The van der Waals surface area contributed by atoms with E-state index in [9.17, 15) is 29.1 Å². The number of rotatable bonds is 4. The van der Waals surface area contributed by atoms with E-state index < -0.39 is 29.7 Å². The van der Waals surface area contributed by atoms with E-state index in [0.29, 0.717) is 0 Å². The van der Waals surface area contributed by atoms with E-state index >= 15 is 0 Å². The number of amides is 4. The van der Waals surface area contributed by atoms with Crippen molar-refractivity contribution in [1.82, 2.24) is 15.2 Å². The second-order valence-corrected chi connectivity index (χ2v) is 9.09. The molecule has 2 aromatic rings. The van der Waals surface area contributed by atoms with Crippen LogP contribution in [0.2, 0.25) is 0 Å². The number of piperidine rings is 1. The van der Waals surface area contributed by atoms with Crippen LogP contribution in [-0.4, -0.2) is 56.7 Å². The highest BCUT2D eigenvalue weighted by Crippen LogP contribution is 2.36. The third kappa shape index (κ3) is 3.63. The molecule has 1 aromatic heterocycles. The Labute approximate surface area is 197 Å². The number of nitrogens with zero attached hydrogens (tertiary/aromatic N) is 3. The molecule has 0 saturated carbocycles. The lowest BCUT2D eigenvalue weighted by atomic mass is 9.88. The highest BCUT2D eigenvalue weighted by molar-refractivity contribution is 7.09. The second kappa shape index (κ2) is 8.41. The van der Waals surface area contributed by atoms with Gasteiger partial charge < -0.3 is 5.11 Å². The summed E-state index contributed by atoms with van der Waals surface area (Å²) < 4.78 is 0. The average molecular weight is 478 g/mol. The lowest BCUT2D eigenvalue weighted by Crippen LogP contribution is -2.54. The fourth-order valence-corrected chi connectivity index (χ4v) is 5.15. The number of fused-ring (bicyclic) bond motifs is 1. The molecule has 34 heavy (non-hydrogen) atoms. The topological polar surface area (TPSA) is 146 Å². The number of Topliss-reactive ketones (excluding diaryl/α,β-unsaturated/α-hetero) is 1. The summed E-state index contributed by atoms with van der Waals surface area (Å²) in [6.07, 6.45) is 3.34. The minimum Gasteiger partial charge on any atom is -0.511 e. The zero-order chi connectivity index (χ0) is 24.0. The SMILES string of the molecule is O=C1CCC(N2C(=O)c3cccc(N=CC4=C(O)CC(c5nccs5)CC4=O)c3C2=O)C(=O)N1. The molecule has 3 aliphatic rings. The Morgan fingerprint density at radius 1 is 1.15 bits per heavy atom. The number of allylic oxidation sites excluding steroid dienone is 2. The number of hydrogen-bond acceptors (Lipinski definition) is 9. The third-order valence-electron chi connectivity index (χ3n) is 6.06. The fourth-order valence-electron chi connectivity index (χ4n) is 4.41. The first-order chi connectivity index (χ1) is 16.3. The Morgan fingerprint density at radius 2 is 1.97 bits per heavy atom. The van der Waals surface area contributed by atoms with E-state index in [1.54, 1.807) is 12.3 Å². The lowest BCUT2D eigenvalue weighted by Gasteiger charge is -2.27. The zero-order valence-corrected chi connectivity index (χ0v) is 18.5. The van der Waals surface area contributed by atoms with Crippen LogP contribution in [-0.2, 0) is 14.4 Å². The maximum atomic E-state index is 13.1. The van der Waals surface area contributed by atoms with Crippen molar-refractivity contribution in [2.24, 2.45) is 4.99 Å². The van der Waals surface area contributed by atoms with Crippen LogP contribution < -0.4 is 5.32 Å². The van der Waals surface area contributed by atoms with Gasteiger partial charge in [-0.3, -0.25) is 39.2 Å². The van der Waals surface area contributed by atoms with E-state index in [1.165, 1.54) is 29.7 Å². The highest BCUT2D eigenvalue weighted by Gasteiger charge is 2.45. The Kier molecular flexibility index (Phi) is 5.40. The van der Waals surface area contributed by atoms with Crippen LogP contribution in [0.3, 0.4) is 0 Å². The van der Waals surface area contributed by atoms with Gasteiger partial charge in [0.2, 0.25) is 11.8 Å². The molecule has 10 nitrogen and oxygen atoms in total. The molecule has 2 N–H and O–H groups in total. The molecule has 0 spiro atoms. The number of thiazole rings is 1. The number of aliphatic hydroxyl groups is 1. The summed E-state index contributed by atoms with van der Waals surface area (Å²) in [6.45, 7) is 0. The standard InChI is InChI=1S/C23H18N4O6S/c28-16-8-11(21-24-6-7-34-21)9-17(29)13(16)10-25-14-3-1-2-12-19(14)23(33)27(22(12)32)15-4-5-18(30)26-20(15)31/h1-3,6-7,10-11,15,28H,4-5,8-9H2,(H,26,30,31). The number of benzene rings is 1. The summed E-state index contributed by atoms with van der Waals surface area (Å²) in [7, 11) is 0. The number of carbonyl (C=O) groups is 5. The van der Waals surface area contributed by atoms with Gasteiger partial charge in [0.05, 0.1) is 27.4 Å². The monoisotopic (exact) mass is 478 g/mol. The number of imide groups is 2. The van der Waals surface area contributed by atoms with E-state index in [-0.39, 0.29) is 65.5 Å². The Bertz CT molecular complexity index is 1310. The number of hydrogen-bond donors (Lipinski definition) is 2. The number of carbonyl (C=O) groups excluding carboxylic acids is 5. The van der Waals surface area contributed by atoms with Gasteiger partial charge in [0.1, 0.15) is 11.8 Å². The molecule has 2 aliphatic heterocycles. The van der Waals surface area contributed by atoms with Gasteiger partial charge in [-0.2, -0.15) is 0 Å². The van der Waals surface area contributed by atoms with Crippen LogP contribution in [0.5, 0.6) is 0 Å². The Hall–Kier alpha value is -3.99. The van der Waals surface area contributed by atoms with E-state index in [0.717, 1.165) is 9.91 Å². The van der Waals surface area contributed by atoms with Gasteiger partial charge in [-0.15, -0.1) is 11.3 Å². The minimum absolute atomic E-state index is 0.0115. The molecule has 172 valence electrons. The van der Waals surface area contributed by atoms with E-state index in [4.69, 9.17) is 0 Å². The predicted molar refractivity (Wildman–Crippen MR) is 120 cm³/mol. The first-order valence-corrected chi connectivity index (χ1v) is 11.5. The van der Waals surface area contributed by atoms with Crippen molar-refractivity contribution in [2.75, 3.05) is 0 Å². The van der Waals surface area contributed by atoms with Crippen molar-refractivity contribution < 1.29 is 29.1 Å².